The zero-order chi connectivity index (χ0) is 19.4. The van der Waals surface area contributed by atoms with Gasteiger partial charge in [-0.1, -0.05) is 12.1 Å². The topological polar surface area (TPSA) is 83.4 Å². The maximum absolute atomic E-state index is 12.7. The third-order valence-corrected chi connectivity index (χ3v) is 6.27. The van der Waals surface area contributed by atoms with Crippen LogP contribution in [0.1, 0.15) is 41.9 Å². The number of anilines is 1. The molecule has 1 aromatic carbocycles. The molecule has 7 heteroatoms. The molecule has 1 saturated carbocycles. The number of carbonyl (C=O) groups is 1. The average Bonchev–Trinajstić information content (AvgIpc) is 3.24. The molecule has 2 saturated heterocycles. The van der Waals surface area contributed by atoms with Crippen LogP contribution in [0.2, 0.25) is 0 Å². The molecule has 5 rings (SSSR count). The molecule has 3 atom stereocenters. The summed E-state index contributed by atoms with van der Waals surface area (Å²) in [7, 11) is 0. The molecule has 28 heavy (non-hydrogen) atoms. The monoisotopic (exact) mass is 378 g/mol. The number of hydrogen-bond acceptors (Lipinski definition) is 6. The van der Waals surface area contributed by atoms with Crippen LogP contribution in [-0.2, 0) is 4.79 Å². The number of hydrazine groups is 1. The Hall–Kier alpha value is -2.40. The van der Waals surface area contributed by atoms with Gasteiger partial charge < -0.3 is 5.32 Å². The van der Waals surface area contributed by atoms with Crippen molar-refractivity contribution in [2.75, 3.05) is 18.1 Å². The molecule has 0 radical (unpaired) electrons. The third kappa shape index (κ3) is 2.98. The van der Waals surface area contributed by atoms with Crippen molar-refractivity contribution in [3.63, 3.8) is 0 Å². The van der Waals surface area contributed by atoms with Crippen LogP contribution in [0.3, 0.4) is 0 Å². The number of nitrogens with zero attached hydrogens (tertiary/aromatic N) is 3. The molecule has 7 nitrogen and oxygen atoms in total. The Labute approximate surface area is 165 Å². The summed E-state index contributed by atoms with van der Waals surface area (Å²) in [5, 5.41) is 17.6. The lowest BCUT2D eigenvalue weighted by molar-refractivity contribution is -0.122. The van der Waals surface area contributed by atoms with Crippen molar-refractivity contribution in [2.24, 2.45) is 5.92 Å². The smallest absolute Gasteiger partial charge is 0.254 e. The Morgan fingerprint density at radius 3 is 2.57 bits per heavy atom. The SMILES string of the molecule is Cc1cc(C2CC2)cc(C)c1N1C=C2C(=O)NC(N3CCC(C#N)C3)NC2N1. The second-order valence-electron chi connectivity index (χ2n) is 8.45. The van der Waals surface area contributed by atoms with Crippen molar-refractivity contribution < 1.29 is 4.79 Å². The minimum atomic E-state index is -0.250. The minimum absolute atomic E-state index is 0.0407. The molecule has 0 bridgehead atoms. The average molecular weight is 378 g/mol. The van der Waals surface area contributed by atoms with Gasteiger partial charge in [0.2, 0.25) is 0 Å². The molecule has 1 aromatic rings. The number of nitrogens with one attached hydrogen (secondary N) is 3. The van der Waals surface area contributed by atoms with Gasteiger partial charge in [0.05, 0.1) is 23.2 Å². The number of aryl methyl sites for hydroxylation is 2. The highest BCUT2D eigenvalue weighted by molar-refractivity contribution is 5.97. The van der Waals surface area contributed by atoms with Crippen LogP contribution in [0.4, 0.5) is 5.69 Å². The van der Waals surface area contributed by atoms with Crippen LogP contribution in [0, 0.1) is 31.1 Å². The van der Waals surface area contributed by atoms with E-state index in [0.29, 0.717) is 12.1 Å². The van der Waals surface area contributed by atoms with Gasteiger partial charge in [-0.15, -0.1) is 0 Å². The Morgan fingerprint density at radius 1 is 1.18 bits per heavy atom. The van der Waals surface area contributed by atoms with E-state index in [1.165, 1.54) is 29.5 Å². The van der Waals surface area contributed by atoms with Crippen LogP contribution in [0.25, 0.3) is 0 Å². The number of fused-ring (bicyclic) bond motifs is 1. The van der Waals surface area contributed by atoms with Gasteiger partial charge >= 0.3 is 0 Å². The summed E-state index contributed by atoms with van der Waals surface area (Å²) >= 11 is 0. The van der Waals surface area contributed by atoms with Gasteiger partial charge in [-0.3, -0.25) is 20.0 Å². The molecule has 3 unspecified atom stereocenters. The number of nitriles is 1. The number of amides is 1. The maximum Gasteiger partial charge on any atom is 0.254 e. The van der Waals surface area contributed by atoms with E-state index in [1.807, 2.05) is 11.2 Å². The van der Waals surface area contributed by atoms with Gasteiger partial charge in [-0.25, -0.2) is 5.43 Å². The summed E-state index contributed by atoms with van der Waals surface area (Å²) < 4.78 is 0. The summed E-state index contributed by atoms with van der Waals surface area (Å²) in [6, 6.07) is 6.90. The van der Waals surface area contributed by atoms with E-state index in [1.54, 1.807) is 0 Å². The van der Waals surface area contributed by atoms with Crippen molar-refractivity contribution in [3.8, 4) is 6.07 Å². The van der Waals surface area contributed by atoms with Crippen molar-refractivity contribution >= 4 is 11.6 Å². The van der Waals surface area contributed by atoms with E-state index in [4.69, 9.17) is 5.26 Å². The number of hydrogen-bond donors (Lipinski definition) is 3. The van der Waals surface area contributed by atoms with Crippen LogP contribution in [0.5, 0.6) is 0 Å². The number of carbonyl (C=O) groups excluding carboxylic acids is 1. The zero-order valence-electron chi connectivity index (χ0n) is 16.3. The maximum atomic E-state index is 12.7. The summed E-state index contributed by atoms with van der Waals surface area (Å²) in [4.78, 5) is 14.8. The van der Waals surface area contributed by atoms with Crippen molar-refractivity contribution in [1.29, 1.82) is 5.26 Å². The van der Waals surface area contributed by atoms with E-state index in [2.05, 4.69) is 53.0 Å². The lowest BCUT2D eigenvalue weighted by Gasteiger charge is -2.36. The largest absolute Gasteiger partial charge is 0.324 e. The highest BCUT2D eigenvalue weighted by atomic mass is 16.2. The van der Waals surface area contributed by atoms with E-state index in [9.17, 15) is 4.79 Å². The van der Waals surface area contributed by atoms with Crippen LogP contribution < -0.4 is 21.1 Å². The molecule has 0 spiro atoms. The van der Waals surface area contributed by atoms with E-state index in [0.717, 1.165) is 24.6 Å². The molecule has 1 aliphatic carbocycles. The molecule has 1 amide bonds. The second kappa shape index (κ2) is 6.59. The molecule has 3 fully saturated rings. The van der Waals surface area contributed by atoms with Gasteiger partial charge in [-0.2, -0.15) is 5.26 Å². The first-order chi connectivity index (χ1) is 13.5. The first kappa shape index (κ1) is 17.7. The molecular weight excluding hydrogens is 352 g/mol. The van der Waals surface area contributed by atoms with Crippen LogP contribution >= 0.6 is 0 Å². The summed E-state index contributed by atoms with van der Waals surface area (Å²) in [6.45, 7) is 5.77. The van der Waals surface area contributed by atoms with E-state index in [-0.39, 0.29) is 24.3 Å². The van der Waals surface area contributed by atoms with E-state index >= 15 is 0 Å². The Morgan fingerprint density at radius 2 is 1.93 bits per heavy atom. The highest BCUT2D eigenvalue weighted by Gasteiger charge is 2.40. The quantitative estimate of drug-likeness (QED) is 0.741. The van der Waals surface area contributed by atoms with Crippen molar-refractivity contribution in [1.82, 2.24) is 21.0 Å². The predicted octanol–water partition coefficient (Wildman–Crippen LogP) is 1.56. The van der Waals surface area contributed by atoms with Crippen LogP contribution in [-0.4, -0.2) is 36.4 Å². The Kier molecular flexibility index (Phi) is 4.16. The second-order valence-corrected chi connectivity index (χ2v) is 8.45. The summed E-state index contributed by atoms with van der Waals surface area (Å²) in [5.74, 6) is 0.706. The molecular formula is C21H26N6O. The molecule has 3 aliphatic heterocycles. The Bertz CT molecular complexity index is 876. The molecule has 3 N–H and O–H groups in total. The van der Waals surface area contributed by atoms with Gasteiger partial charge in [0, 0.05) is 19.3 Å². The molecule has 4 aliphatic rings. The lowest BCUT2D eigenvalue weighted by atomic mass is 10.0. The summed E-state index contributed by atoms with van der Waals surface area (Å²) in [6.07, 6.45) is 4.85. The lowest BCUT2D eigenvalue weighted by Crippen LogP contribution is -2.66. The Balaban J connectivity index is 1.35. The zero-order valence-corrected chi connectivity index (χ0v) is 16.3. The minimum Gasteiger partial charge on any atom is -0.324 e. The summed E-state index contributed by atoms with van der Waals surface area (Å²) in [5.41, 5.74) is 9.12. The molecule has 0 aromatic heterocycles. The molecule has 146 valence electrons. The van der Waals surface area contributed by atoms with Gasteiger partial charge in [0.25, 0.3) is 5.91 Å². The van der Waals surface area contributed by atoms with Gasteiger partial charge in [-0.05, 0) is 55.7 Å². The van der Waals surface area contributed by atoms with Crippen molar-refractivity contribution in [3.05, 3.63) is 40.6 Å². The highest BCUT2D eigenvalue weighted by Crippen LogP contribution is 2.42. The first-order valence-corrected chi connectivity index (χ1v) is 10.1. The predicted molar refractivity (Wildman–Crippen MR) is 106 cm³/mol. The number of rotatable bonds is 3. The fourth-order valence-corrected chi connectivity index (χ4v) is 4.66. The third-order valence-electron chi connectivity index (χ3n) is 6.27. The fraction of sp³-hybridized carbons (Fsp3) is 0.524. The molecule has 3 heterocycles. The number of likely N-dealkylation sites (tertiary alicyclic amines) is 1. The van der Waals surface area contributed by atoms with Crippen molar-refractivity contribution in [2.45, 2.75) is 51.5 Å². The standard InChI is InChI=1S/C21H26N6O/c1-12-7-16(15-3-4-15)8-13(2)18(12)27-11-17-19(25-27)23-21(24-20(17)28)26-6-5-14(9-22)10-26/h7-8,11,14-15,19,21,23,25H,3-6,10H2,1-2H3,(H,24,28). The van der Waals surface area contributed by atoms with Crippen LogP contribution in [0.15, 0.2) is 23.9 Å². The number of benzene rings is 1. The van der Waals surface area contributed by atoms with E-state index < -0.39 is 0 Å². The first-order valence-electron chi connectivity index (χ1n) is 10.1. The van der Waals surface area contributed by atoms with Gasteiger partial charge in [0.1, 0.15) is 12.5 Å². The normalized spacial score (nSPS) is 30.0. The van der Waals surface area contributed by atoms with Gasteiger partial charge in [0.15, 0.2) is 0 Å². The fourth-order valence-electron chi connectivity index (χ4n) is 4.66.